The molecule has 1 aromatic carbocycles. The molecule has 0 aliphatic heterocycles. The minimum Gasteiger partial charge on any atom is -0.399 e. The third-order valence-electron chi connectivity index (χ3n) is 2.59. The molecule has 0 heterocycles. The van der Waals surface area contributed by atoms with Gasteiger partial charge in [-0.2, -0.15) is 0 Å². The van der Waals surface area contributed by atoms with Gasteiger partial charge >= 0.3 is 0 Å². The van der Waals surface area contributed by atoms with Crippen molar-refractivity contribution in [3.63, 3.8) is 0 Å². The van der Waals surface area contributed by atoms with Crippen LogP contribution in [0.1, 0.15) is 25.3 Å². The first kappa shape index (κ1) is 15.9. The van der Waals surface area contributed by atoms with E-state index in [0.717, 1.165) is 6.42 Å². The summed E-state index contributed by atoms with van der Waals surface area (Å²) in [4.78, 5) is 0.274. The van der Waals surface area contributed by atoms with Crippen LogP contribution in [0.15, 0.2) is 23.1 Å². The van der Waals surface area contributed by atoms with E-state index in [0.29, 0.717) is 37.4 Å². The first-order chi connectivity index (χ1) is 8.97. The van der Waals surface area contributed by atoms with E-state index in [2.05, 4.69) is 4.72 Å². The van der Waals surface area contributed by atoms with Gasteiger partial charge in [0, 0.05) is 25.4 Å². The Kier molecular flexibility index (Phi) is 6.27. The van der Waals surface area contributed by atoms with E-state index in [1.54, 1.807) is 19.1 Å². The summed E-state index contributed by atoms with van der Waals surface area (Å²) in [5.74, 6) is 0. The van der Waals surface area contributed by atoms with Gasteiger partial charge in [0.1, 0.15) is 0 Å². The number of sulfonamides is 1. The Hall–Kier alpha value is -1.11. The Bertz CT molecular complexity index is 501. The van der Waals surface area contributed by atoms with Crippen molar-refractivity contribution in [1.82, 2.24) is 4.72 Å². The van der Waals surface area contributed by atoms with Gasteiger partial charge in [0.15, 0.2) is 0 Å². The summed E-state index contributed by atoms with van der Waals surface area (Å²) < 4.78 is 32.0. The van der Waals surface area contributed by atoms with E-state index >= 15 is 0 Å². The number of rotatable bonds is 8. The van der Waals surface area contributed by atoms with Crippen LogP contribution < -0.4 is 10.5 Å². The number of benzene rings is 1. The normalized spacial score (nSPS) is 11.7. The van der Waals surface area contributed by atoms with Crippen molar-refractivity contribution in [3.8, 4) is 0 Å². The molecule has 3 N–H and O–H groups in total. The molecule has 0 saturated heterocycles. The summed E-state index contributed by atoms with van der Waals surface area (Å²) in [6, 6.07) is 4.77. The van der Waals surface area contributed by atoms with Crippen LogP contribution in [0.3, 0.4) is 0 Å². The zero-order valence-corrected chi connectivity index (χ0v) is 12.3. The molecule has 0 unspecified atom stereocenters. The minimum atomic E-state index is -3.46. The van der Waals surface area contributed by atoms with Crippen molar-refractivity contribution < 1.29 is 13.2 Å². The minimum absolute atomic E-state index is 0.274. The fourth-order valence-corrected chi connectivity index (χ4v) is 2.98. The third kappa shape index (κ3) is 5.18. The van der Waals surface area contributed by atoms with Crippen molar-refractivity contribution in [2.45, 2.75) is 31.6 Å². The predicted octanol–water partition coefficient (Wildman–Crippen LogP) is 1.67. The molecule has 0 atom stereocenters. The molecular formula is C13H22N2O3S. The molecule has 6 heteroatoms. The van der Waals surface area contributed by atoms with Crippen LogP contribution in [-0.2, 0) is 14.8 Å². The molecule has 5 nitrogen and oxygen atoms in total. The number of aryl methyl sites for hydroxylation is 1. The van der Waals surface area contributed by atoms with E-state index in [1.807, 2.05) is 6.92 Å². The lowest BCUT2D eigenvalue weighted by atomic mass is 10.2. The number of ether oxygens (including phenoxy) is 1. The number of nitrogen functional groups attached to an aromatic ring is 1. The van der Waals surface area contributed by atoms with Gasteiger partial charge in [-0.15, -0.1) is 0 Å². The van der Waals surface area contributed by atoms with Crippen LogP contribution in [0.2, 0.25) is 0 Å². The summed E-state index contributed by atoms with van der Waals surface area (Å²) >= 11 is 0. The Balaban J connectivity index is 2.52. The highest BCUT2D eigenvalue weighted by molar-refractivity contribution is 7.89. The third-order valence-corrected chi connectivity index (χ3v) is 4.22. The van der Waals surface area contributed by atoms with Crippen molar-refractivity contribution in [2.75, 3.05) is 25.5 Å². The SMILES string of the molecule is CCCOCCCNS(=O)(=O)c1ccc(N)cc1C. The topological polar surface area (TPSA) is 81.4 Å². The van der Waals surface area contributed by atoms with Crippen LogP contribution in [0.4, 0.5) is 5.69 Å². The van der Waals surface area contributed by atoms with Gasteiger partial charge in [-0.05, 0) is 43.5 Å². The molecule has 0 aromatic heterocycles. The first-order valence-corrected chi connectivity index (χ1v) is 7.89. The lowest BCUT2D eigenvalue weighted by molar-refractivity contribution is 0.133. The molecule has 0 bridgehead atoms. The Morgan fingerprint density at radius 3 is 2.68 bits per heavy atom. The van der Waals surface area contributed by atoms with Gasteiger partial charge < -0.3 is 10.5 Å². The molecule has 0 saturated carbocycles. The number of nitrogens with one attached hydrogen (secondary N) is 1. The van der Waals surface area contributed by atoms with Crippen LogP contribution >= 0.6 is 0 Å². The van der Waals surface area contributed by atoms with E-state index in [-0.39, 0.29) is 4.90 Å². The van der Waals surface area contributed by atoms with E-state index < -0.39 is 10.0 Å². The van der Waals surface area contributed by atoms with Gasteiger partial charge in [0.2, 0.25) is 10.0 Å². The number of anilines is 1. The summed E-state index contributed by atoms with van der Waals surface area (Å²) in [6.07, 6.45) is 1.63. The predicted molar refractivity (Wildman–Crippen MR) is 76.5 cm³/mol. The van der Waals surface area contributed by atoms with Crippen LogP contribution in [0.25, 0.3) is 0 Å². The average molecular weight is 286 g/mol. The van der Waals surface area contributed by atoms with E-state index in [1.165, 1.54) is 6.07 Å². The van der Waals surface area contributed by atoms with Crippen molar-refractivity contribution >= 4 is 15.7 Å². The van der Waals surface area contributed by atoms with Crippen molar-refractivity contribution in [3.05, 3.63) is 23.8 Å². The van der Waals surface area contributed by atoms with Crippen LogP contribution in [0, 0.1) is 6.92 Å². The summed E-state index contributed by atoms with van der Waals surface area (Å²) in [6.45, 7) is 5.42. The number of hydrogen-bond acceptors (Lipinski definition) is 4. The number of nitrogens with two attached hydrogens (primary N) is 1. The lowest BCUT2D eigenvalue weighted by Gasteiger charge is -2.10. The molecule has 0 aliphatic rings. The second kappa shape index (κ2) is 7.47. The summed E-state index contributed by atoms with van der Waals surface area (Å²) in [5.41, 5.74) is 6.81. The van der Waals surface area contributed by atoms with E-state index in [9.17, 15) is 8.42 Å². The Labute approximate surface area is 115 Å². The maximum absolute atomic E-state index is 12.1. The molecule has 1 rings (SSSR count). The Morgan fingerprint density at radius 1 is 1.32 bits per heavy atom. The van der Waals surface area contributed by atoms with Crippen molar-refractivity contribution in [1.29, 1.82) is 0 Å². The maximum atomic E-state index is 12.1. The lowest BCUT2D eigenvalue weighted by Crippen LogP contribution is -2.26. The molecule has 1 aromatic rings. The van der Waals surface area contributed by atoms with Crippen LogP contribution in [-0.4, -0.2) is 28.2 Å². The number of hydrogen-bond donors (Lipinski definition) is 2. The molecule has 0 fully saturated rings. The summed E-state index contributed by atoms with van der Waals surface area (Å²) in [7, 11) is -3.46. The van der Waals surface area contributed by atoms with Gasteiger partial charge in [0.25, 0.3) is 0 Å². The fraction of sp³-hybridized carbons (Fsp3) is 0.538. The monoisotopic (exact) mass is 286 g/mol. The zero-order chi connectivity index (χ0) is 14.3. The van der Waals surface area contributed by atoms with Gasteiger partial charge in [0.05, 0.1) is 4.90 Å². The Morgan fingerprint density at radius 2 is 2.05 bits per heavy atom. The van der Waals surface area contributed by atoms with Gasteiger partial charge in [-0.25, -0.2) is 13.1 Å². The highest BCUT2D eigenvalue weighted by Gasteiger charge is 2.15. The molecule has 0 aliphatic carbocycles. The maximum Gasteiger partial charge on any atom is 0.240 e. The second-order valence-electron chi connectivity index (χ2n) is 4.39. The average Bonchev–Trinajstić information content (AvgIpc) is 2.33. The highest BCUT2D eigenvalue weighted by Crippen LogP contribution is 2.17. The molecule has 0 spiro atoms. The van der Waals surface area contributed by atoms with Gasteiger partial charge in [-0.1, -0.05) is 6.92 Å². The zero-order valence-electron chi connectivity index (χ0n) is 11.5. The first-order valence-electron chi connectivity index (χ1n) is 6.41. The molecular weight excluding hydrogens is 264 g/mol. The summed E-state index contributed by atoms with van der Waals surface area (Å²) in [5, 5.41) is 0. The molecule has 19 heavy (non-hydrogen) atoms. The largest absolute Gasteiger partial charge is 0.399 e. The standard InChI is InChI=1S/C13H22N2O3S/c1-3-8-18-9-4-7-15-19(16,17)13-6-5-12(14)10-11(13)2/h5-6,10,15H,3-4,7-9,14H2,1-2H3. The van der Waals surface area contributed by atoms with Crippen molar-refractivity contribution in [2.24, 2.45) is 0 Å². The molecule has 108 valence electrons. The smallest absolute Gasteiger partial charge is 0.240 e. The van der Waals surface area contributed by atoms with Gasteiger partial charge in [-0.3, -0.25) is 0 Å². The quantitative estimate of drug-likeness (QED) is 0.562. The fourth-order valence-electron chi connectivity index (χ4n) is 1.68. The highest BCUT2D eigenvalue weighted by atomic mass is 32.2. The molecule has 0 amide bonds. The molecule has 0 radical (unpaired) electrons. The van der Waals surface area contributed by atoms with Crippen LogP contribution in [0.5, 0.6) is 0 Å². The second-order valence-corrected chi connectivity index (χ2v) is 6.12. The van der Waals surface area contributed by atoms with E-state index in [4.69, 9.17) is 10.5 Å².